The molecule has 18 aromatic rings. The maximum absolute atomic E-state index is 4.65. The van der Waals surface area contributed by atoms with Crippen molar-refractivity contribution < 1.29 is 0 Å². The summed E-state index contributed by atoms with van der Waals surface area (Å²) in [6, 6.07) is 91.3. The van der Waals surface area contributed by atoms with Crippen LogP contribution in [0.5, 0.6) is 0 Å². The minimum Gasteiger partial charge on any atom is -0.327 e. The molecule has 0 spiro atoms. The standard InChI is InChI=1S/C15H12N4.3C14H12N2.2C13H11N3/c1-11-17-14(12-5-3-2-4-6-12)19-15(18-11)13-7-9-16-10-8-13;1-16-13-10-6-5-9-12(13)15-14(16)11-7-3-2-4-8-11;1-11-14(12-7-3-2-4-8-12)16-10-6-5-9-13(16)15-11;1-11-15-13-9-5-6-10-14(13)16(11)12-7-3-2-4-8-12;1-10-12(11-6-3-2-4-7-11)15-13-14-8-5-9-16(10)13;1-10-12(11-6-3-2-4-7-11)16-9-5-8-14-13(16)15-10/h2-10H,1H3;3*2-10H,1H3;2*2-9H,1H3. The zero-order valence-electron chi connectivity index (χ0n) is 55.7. The van der Waals surface area contributed by atoms with E-state index in [0.29, 0.717) is 17.5 Å². The summed E-state index contributed by atoms with van der Waals surface area (Å²) in [4.78, 5) is 48.5. The molecule has 0 N–H and O–H groups in total. The second kappa shape index (κ2) is 30.5. The van der Waals surface area contributed by atoms with Crippen LogP contribution in [0.25, 0.3) is 113 Å². The van der Waals surface area contributed by atoms with Crippen molar-refractivity contribution in [3.63, 3.8) is 0 Å². The molecule has 10 heterocycles. The molecular weight excluding hydrogens is 1220 g/mol. The first-order valence-corrected chi connectivity index (χ1v) is 32.5. The van der Waals surface area contributed by atoms with Gasteiger partial charge in [-0.2, -0.15) is 0 Å². The van der Waals surface area contributed by atoms with Gasteiger partial charge in [-0.15, -0.1) is 0 Å². The van der Waals surface area contributed by atoms with Gasteiger partial charge in [-0.25, -0.2) is 49.8 Å². The van der Waals surface area contributed by atoms with Crippen molar-refractivity contribution in [3.05, 3.63) is 345 Å². The predicted octanol–water partition coefficient (Wildman–Crippen LogP) is 18.2. The second-order valence-corrected chi connectivity index (χ2v) is 23.0. The summed E-state index contributed by atoms with van der Waals surface area (Å²) in [6.07, 6.45) is 13.0. The van der Waals surface area contributed by atoms with Crippen LogP contribution in [0.2, 0.25) is 0 Å². The van der Waals surface area contributed by atoms with Crippen molar-refractivity contribution in [1.82, 2.24) is 77.2 Å². The van der Waals surface area contributed by atoms with Gasteiger partial charge in [-0.05, 0) is 107 Å². The lowest BCUT2D eigenvalue weighted by molar-refractivity contribution is 0.959. The van der Waals surface area contributed by atoms with Crippen molar-refractivity contribution in [2.75, 3.05) is 0 Å². The highest BCUT2D eigenvalue weighted by molar-refractivity contribution is 5.81. The maximum Gasteiger partial charge on any atom is 0.234 e. The molecule has 0 saturated heterocycles. The lowest BCUT2D eigenvalue weighted by Crippen LogP contribution is -1.99. The first-order chi connectivity index (χ1) is 48.6. The van der Waals surface area contributed by atoms with Gasteiger partial charge in [-0.1, -0.05) is 200 Å². The van der Waals surface area contributed by atoms with E-state index in [1.54, 1.807) is 24.8 Å². The third-order valence-electron chi connectivity index (χ3n) is 16.3. The van der Waals surface area contributed by atoms with Crippen molar-refractivity contribution >= 4 is 39.3 Å². The van der Waals surface area contributed by atoms with Crippen LogP contribution in [0.15, 0.2) is 316 Å². The molecule has 18 rings (SSSR count). The summed E-state index contributed by atoms with van der Waals surface area (Å²) in [5, 5.41) is 0. The molecule has 0 saturated carbocycles. The summed E-state index contributed by atoms with van der Waals surface area (Å²) >= 11 is 0. The molecule has 16 heteroatoms. The van der Waals surface area contributed by atoms with Gasteiger partial charge in [0, 0.05) is 95.2 Å². The first-order valence-electron chi connectivity index (χ1n) is 32.5. The van der Waals surface area contributed by atoms with Gasteiger partial charge in [0.25, 0.3) is 0 Å². The molecule has 8 aromatic carbocycles. The Hall–Kier alpha value is -13.2. The monoisotopic (exact) mass is 1290 g/mol. The number of aryl methyl sites for hydroxylation is 6. The van der Waals surface area contributed by atoms with Crippen molar-refractivity contribution in [3.8, 4) is 73.6 Å². The summed E-state index contributed by atoms with van der Waals surface area (Å²) in [5.74, 6) is 5.61. The molecule has 0 radical (unpaired) electrons. The fraction of sp³-hybridized carbons (Fsp3) is 0.0723. The predicted molar refractivity (Wildman–Crippen MR) is 397 cm³/mol. The highest BCUT2D eigenvalue weighted by Crippen LogP contribution is 2.28. The Kier molecular flexibility index (Phi) is 19.8. The number of rotatable bonds is 7. The number of fused-ring (bicyclic) bond motifs is 5. The molecule has 0 aliphatic carbocycles. The van der Waals surface area contributed by atoms with Crippen LogP contribution in [0.1, 0.15) is 28.7 Å². The van der Waals surface area contributed by atoms with Gasteiger partial charge < -0.3 is 4.57 Å². The summed E-state index contributed by atoms with van der Waals surface area (Å²) in [7, 11) is 2.05. The van der Waals surface area contributed by atoms with Crippen LogP contribution >= 0.6 is 0 Å². The van der Waals surface area contributed by atoms with E-state index in [2.05, 4.69) is 180 Å². The van der Waals surface area contributed by atoms with Crippen molar-refractivity contribution in [1.29, 1.82) is 0 Å². The van der Waals surface area contributed by atoms with Gasteiger partial charge in [-0.3, -0.25) is 22.8 Å². The van der Waals surface area contributed by atoms with Gasteiger partial charge in [0.1, 0.15) is 23.1 Å². The third kappa shape index (κ3) is 14.9. The quantitative estimate of drug-likeness (QED) is 0.149. The van der Waals surface area contributed by atoms with Crippen molar-refractivity contribution in [2.24, 2.45) is 7.05 Å². The number of nitrogens with zero attached hydrogens (tertiary/aromatic N) is 16. The van der Waals surface area contributed by atoms with Crippen LogP contribution in [0.4, 0.5) is 0 Å². The molecule has 0 aliphatic rings. The Morgan fingerprint density at radius 3 is 1.35 bits per heavy atom. The Morgan fingerprint density at radius 1 is 0.313 bits per heavy atom. The number of hydrogen-bond acceptors (Lipinski definition) is 11. The van der Waals surface area contributed by atoms with Crippen LogP contribution < -0.4 is 0 Å². The van der Waals surface area contributed by atoms with E-state index in [-0.39, 0.29) is 0 Å². The largest absolute Gasteiger partial charge is 0.327 e. The fourth-order valence-electron chi connectivity index (χ4n) is 11.7. The van der Waals surface area contributed by atoms with Gasteiger partial charge in [0.15, 0.2) is 11.6 Å². The SMILES string of the molecule is Cc1c(-c2ccccc2)nc2ncccn12.Cc1nc(-c2ccccc2)nc(-c2ccncc2)n1.Cc1nc2ccccc2n1-c1ccccc1.Cc1nc2ccccn2c1-c1ccccc1.Cc1nc2ncccn2c1-c1ccccc1.Cn1c(-c2ccccc2)nc2ccccc21. The highest BCUT2D eigenvalue weighted by atomic mass is 15.1. The molecule has 10 aromatic heterocycles. The van der Waals surface area contributed by atoms with E-state index < -0.39 is 0 Å². The molecule has 0 bridgehead atoms. The lowest BCUT2D eigenvalue weighted by atomic mass is 10.1. The summed E-state index contributed by atoms with van der Waals surface area (Å²) in [6.45, 7) is 10.0. The second-order valence-electron chi connectivity index (χ2n) is 23.0. The van der Waals surface area contributed by atoms with Gasteiger partial charge in [0.05, 0.1) is 50.5 Å². The van der Waals surface area contributed by atoms with E-state index >= 15 is 0 Å². The van der Waals surface area contributed by atoms with Crippen LogP contribution in [0.3, 0.4) is 0 Å². The molecule has 0 amide bonds. The summed E-state index contributed by atoms with van der Waals surface area (Å²) in [5.41, 5.74) is 19.6. The average molecular weight is 1290 g/mol. The topological polar surface area (TPSA) is 165 Å². The van der Waals surface area contributed by atoms with E-state index in [4.69, 9.17) is 0 Å². The van der Waals surface area contributed by atoms with E-state index in [1.165, 1.54) is 22.3 Å². The average Bonchev–Trinajstić information content (AvgIpc) is 1.75. The van der Waals surface area contributed by atoms with Gasteiger partial charge >= 0.3 is 0 Å². The zero-order valence-corrected chi connectivity index (χ0v) is 55.7. The van der Waals surface area contributed by atoms with Crippen LogP contribution in [-0.4, -0.2) is 77.2 Å². The maximum atomic E-state index is 4.65. The Morgan fingerprint density at radius 2 is 0.768 bits per heavy atom. The Balaban J connectivity index is 0.000000107. The molecule has 0 atom stereocenters. The number of hydrogen-bond donors (Lipinski definition) is 0. The highest BCUT2D eigenvalue weighted by Gasteiger charge is 2.15. The van der Waals surface area contributed by atoms with E-state index in [1.807, 2.05) is 230 Å². The number of imidazole rings is 5. The lowest BCUT2D eigenvalue weighted by Gasteiger charge is -2.05. The first kappa shape index (κ1) is 64.5. The van der Waals surface area contributed by atoms with Gasteiger partial charge in [0.2, 0.25) is 11.6 Å². The third-order valence-corrected chi connectivity index (χ3v) is 16.3. The minimum absolute atomic E-state index is 0.675. The Bertz CT molecular complexity index is 5160. The van der Waals surface area contributed by atoms with E-state index in [9.17, 15) is 0 Å². The summed E-state index contributed by atoms with van der Waals surface area (Å²) < 4.78 is 10.5. The van der Waals surface area contributed by atoms with E-state index in [0.717, 1.165) is 102 Å². The van der Waals surface area contributed by atoms with Crippen molar-refractivity contribution in [2.45, 2.75) is 34.6 Å². The number of para-hydroxylation sites is 5. The number of aromatic nitrogens is 16. The smallest absolute Gasteiger partial charge is 0.234 e. The molecule has 0 fully saturated rings. The molecule has 0 aliphatic heterocycles. The van der Waals surface area contributed by atoms with Crippen LogP contribution in [0, 0.1) is 34.6 Å². The molecule has 0 unspecified atom stereocenters. The minimum atomic E-state index is 0.675. The van der Waals surface area contributed by atoms with Crippen LogP contribution in [-0.2, 0) is 7.05 Å². The normalized spacial score (nSPS) is 10.7. The molecule has 16 nitrogen and oxygen atoms in total. The number of pyridine rings is 2. The zero-order chi connectivity index (χ0) is 67.9. The molecule has 99 heavy (non-hydrogen) atoms. The number of benzene rings is 8. The Labute approximate surface area is 573 Å². The molecule has 482 valence electrons. The molecular formula is C83H70N16. The fourth-order valence-corrected chi connectivity index (χ4v) is 11.7.